The van der Waals surface area contributed by atoms with E-state index in [0.29, 0.717) is 5.56 Å². The lowest BCUT2D eigenvalue weighted by molar-refractivity contribution is -0.144. The predicted molar refractivity (Wildman–Crippen MR) is 98.7 cm³/mol. The zero-order valence-corrected chi connectivity index (χ0v) is 14.3. The highest BCUT2D eigenvalue weighted by Crippen LogP contribution is 2.37. The Bertz CT molecular complexity index is 932. The van der Waals surface area contributed by atoms with E-state index in [9.17, 15) is 19.5 Å². The first-order valence-electron chi connectivity index (χ1n) is 8.27. The number of carboxylic acids is 1. The topological polar surface area (TPSA) is 94.9 Å². The molecule has 0 saturated heterocycles. The number of carbonyl (C=O) groups excluding carboxylic acids is 2. The molecule has 1 heterocycles. The van der Waals surface area contributed by atoms with Gasteiger partial charge in [-0.05, 0) is 17.2 Å². The van der Waals surface area contributed by atoms with Crippen LogP contribution >= 0.6 is 0 Å². The number of aliphatic carboxylic acids is 1. The highest BCUT2D eigenvalue weighted by molar-refractivity contribution is 6.14. The van der Waals surface area contributed by atoms with Gasteiger partial charge in [-0.15, -0.1) is 0 Å². The van der Waals surface area contributed by atoms with Gasteiger partial charge in [-0.25, -0.2) is 0 Å². The number of carbonyl (C=O) groups is 3. The van der Waals surface area contributed by atoms with Gasteiger partial charge in [0, 0.05) is 0 Å². The second-order valence-corrected chi connectivity index (χ2v) is 6.01. The monoisotopic (exact) mass is 363 g/mol. The third kappa shape index (κ3) is 3.79. The Morgan fingerprint density at radius 3 is 2.19 bits per heavy atom. The van der Waals surface area contributed by atoms with Gasteiger partial charge in [-0.3, -0.25) is 14.4 Å². The molecule has 3 rings (SSSR count). The van der Waals surface area contributed by atoms with Crippen molar-refractivity contribution in [3.05, 3.63) is 89.2 Å². The molecular formula is C21H17NO5. The van der Waals surface area contributed by atoms with Crippen molar-refractivity contribution in [2.24, 2.45) is 0 Å². The van der Waals surface area contributed by atoms with E-state index in [-0.39, 0.29) is 5.57 Å². The highest BCUT2D eigenvalue weighted by atomic mass is 16.4. The summed E-state index contributed by atoms with van der Waals surface area (Å²) in [5, 5.41) is 19.4. The average molecular weight is 363 g/mol. The number of carboxylic acid groups (broad SMARTS) is 1. The number of benzene rings is 2. The van der Waals surface area contributed by atoms with Crippen LogP contribution in [0.25, 0.3) is 6.08 Å². The molecule has 27 heavy (non-hydrogen) atoms. The maximum absolute atomic E-state index is 12.8. The third-order valence-electron chi connectivity index (χ3n) is 4.22. The number of aliphatic hydroxyl groups is 1. The van der Waals surface area contributed by atoms with Gasteiger partial charge < -0.3 is 15.1 Å². The van der Waals surface area contributed by atoms with Gasteiger partial charge in [-0.1, -0.05) is 66.7 Å². The van der Waals surface area contributed by atoms with Gasteiger partial charge in [0.1, 0.15) is 6.54 Å². The zero-order valence-electron chi connectivity index (χ0n) is 14.3. The predicted octanol–water partition coefficient (Wildman–Crippen LogP) is 2.75. The van der Waals surface area contributed by atoms with Crippen molar-refractivity contribution >= 4 is 23.7 Å². The first-order valence-corrected chi connectivity index (χ1v) is 8.27. The fourth-order valence-electron chi connectivity index (χ4n) is 3.02. The molecule has 0 saturated carbocycles. The minimum Gasteiger partial charge on any atom is -0.503 e. The van der Waals surface area contributed by atoms with Crippen LogP contribution in [0.5, 0.6) is 0 Å². The van der Waals surface area contributed by atoms with Crippen LogP contribution in [0.2, 0.25) is 0 Å². The SMILES string of the molecule is O=C(O)CN1C(=O)C(O)=C(C(=O)/C=C\c2ccccc2)C1c1ccccc1. The second-order valence-electron chi connectivity index (χ2n) is 6.01. The van der Waals surface area contributed by atoms with E-state index < -0.39 is 36.0 Å². The summed E-state index contributed by atoms with van der Waals surface area (Å²) < 4.78 is 0. The maximum Gasteiger partial charge on any atom is 0.323 e. The van der Waals surface area contributed by atoms with E-state index in [4.69, 9.17) is 5.11 Å². The van der Waals surface area contributed by atoms with Crippen molar-refractivity contribution < 1.29 is 24.6 Å². The van der Waals surface area contributed by atoms with E-state index in [0.717, 1.165) is 10.5 Å². The molecule has 1 aliphatic heterocycles. The van der Waals surface area contributed by atoms with Gasteiger partial charge in [0.25, 0.3) is 5.91 Å². The van der Waals surface area contributed by atoms with E-state index in [1.807, 2.05) is 30.3 Å². The van der Waals surface area contributed by atoms with Gasteiger partial charge >= 0.3 is 5.97 Å². The number of amides is 1. The first kappa shape index (κ1) is 18.1. The van der Waals surface area contributed by atoms with Crippen LogP contribution < -0.4 is 0 Å². The molecule has 0 aliphatic carbocycles. The quantitative estimate of drug-likeness (QED) is 0.770. The van der Waals surface area contributed by atoms with Crippen molar-refractivity contribution in [3.8, 4) is 0 Å². The minimum atomic E-state index is -1.23. The van der Waals surface area contributed by atoms with E-state index in [1.54, 1.807) is 36.4 Å². The van der Waals surface area contributed by atoms with Crippen LogP contribution in [0.3, 0.4) is 0 Å². The lowest BCUT2D eigenvalue weighted by atomic mass is 9.95. The normalized spacial score (nSPS) is 17.0. The van der Waals surface area contributed by atoms with E-state index in [1.165, 1.54) is 6.08 Å². The summed E-state index contributed by atoms with van der Waals surface area (Å²) in [5.74, 6) is -3.37. The van der Waals surface area contributed by atoms with Crippen molar-refractivity contribution in [1.82, 2.24) is 4.90 Å². The van der Waals surface area contributed by atoms with Gasteiger partial charge in [0.05, 0.1) is 11.6 Å². The van der Waals surface area contributed by atoms with Crippen LogP contribution in [0.4, 0.5) is 0 Å². The lowest BCUT2D eigenvalue weighted by Gasteiger charge is -2.24. The van der Waals surface area contributed by atoms with Crippen LogP contribution in [0.1, 0.15) is 17.2 Å². The molecular weight excluding hydrogens is 346 g/mol. The average Bonchev–Trinajstić information content (AvgIpc) is 2.92. The molecule has 136 valence electrons. The Morgan fingerprint density at radius 1 is 1.00 bits per heavy atom. The smallest absolute Gasteiger partial charge is 0.323 e. The molecule has 2 aromatic rings. The highest BCUT2D eigenvalue weighted by Gasteiger charge is 2.43. The van der Waals surface area contributed by atoms with Crippen molar-refractivity contribution in [1.29, 1.82) is 0 Å². The molecule has 0 bridgehead atoms. The van der Waals surface area contributed by atoms with Crippen molar-refractivity contribution in [2.45, 2.75) is 6.04 Å². The fourth-order valence-corrected chi connectivity index (χ4v) is 3.02. The van der Waals surface area contributed by atoms with Gasteiger partial charge in [0.2, 0.25) is 0 Å². The van der Waals surface area contributed by atoms with E-state index in [2.05, 4.69) is 0 Å². The second kappa shape index (κ2) is 7.70. The molecule has 0 aromatic heterocycles. The molecule has 1 amide bonds. The summed E-state index contributed by atoms with van der Waals surface area (Å²) in [4.78, 5) is 37.3. The molecule has 0 fully saturated rings. The molecule has 1 aliphatic rings. The molecule has 6 heteroatoms. The number of hydrogen-bond donors (Lipinski definition) is 2. The fraction of sp³-hybridized carbons (Fsp3) is 0.0952. The molecule has 1 unspecified atom stereocenters. The number of rotatable bonds is 6. The lowest BCUT2D eigenvalue weighted by Crippen LogP contribution is -2.35. The summed E-state index contributed by atoms with van der Waals surface area (Å²) in [6, 6.07) is 16.7. The Labute approximate surface area is 155 Å². The third-order valence-corrected chi connectivity index (χ3v) is 4.22. The maximum atomic E-state index is 12.8. The molecule has 2 N–H and O–H groups in total. The van der Waals surface area contributed by atoms with Gasteiger partial charge in [0.15, 0.2) is 11.5 Å². The molecule has 6 nitrogen and oxygen atoms in total. The Kier molecular flexibility index (Phi) is 5.17. The number of aliphatic hydroxyl groups excluding tert-OH is 1. The zero-order chi connectivity index (χ0) is 19.4. The van der Waals surface area contributed by atoms with Gasteiger partial charge in [-0.2, -0.15) is 0 Å². The van der Waals surface area contributed by atoms with Crippen LogP contribution in [0, 0.1) is 0 Å². The summed E-state index contributed by atoms with van der Waals surface area (Å²) in [6.45, 7) is -0.623. The van der Waals surface area contributed by atoms with Crippen molar-refractivity contribution in [2.75, 3.05) is 6.54 Å². The van der Waals surface area contributed by atoms with Crippen LogP contribution in [-0.4, -0.2) is 39.3 Å². The first-order chi connectivity index (χ1) is 13.0. The van der Waals surface area contributed by atoms with Crippen LogP contribution in [-0.2, 0) is 14.4 Å². The largest absolute Gasteiger partial charge is 0.503 e. The Balaban J connectivity index is 1.99. The molecule has 0 spiro atoms. The molecule has 0 radical (unpaired) electrons. The summed E-state index contributed by atoms with van der Waals surface area (Å²) >= 11 is 0. The van der Waals surface area contributed by atoms with Crippen molar-refractivity contribution in [3.63, 3.8) is 0 Å². The summed E-state index contributed by atoms with van der Waals surface area (Å²) in [5.41, 5.74) is 1.21. The minimum absolute atomic E-state index is 0.125. The number of nitrogens with zero attached hydrogens (tertiary/aromatic N) is 1. The summed E-state index contributed by atoms with van der Waals surface area (Å²) in [7, 11) is 0. The number of ketones is 1. The number of allylic oxidation sites excluding steroid dienone is 1. The molecule has 1 atom stereocenters. The Hall–Kier alpha value is -3.67. The molecule has 2 aromatic carbocycles. The van der Waals surface area contributed by atoms with Crippen LogP contribution in [0.15, 0.2) is 78.1 Å². The standard InChI is InChI=1S/C21H17NO5/c23-16(12-11-14-7-3-1-4-8-14)18-19(15-9-5-2-6-10-15)22(13-17(24)25)21(27)20(18)26/h1-12,19,26H,13H2,(H,24,25)/b12-11-. The Morgan fingerprint density at radius 2 is 1.59 bits per heavy atom. The number of hydrogen-bond acceptors (Lipinski definition) is 4. The summed E-state index contributed by atoms with van der Waals surface area (Å²) in [6.07, 6.45) is 2.85. The van der Waals surface area contributed by atoms with E-state index >= 15 is 0 Å².